The Bertz CT molecular complexity index is 68.6. The average molecular weight is 191 g/mol. The van der Waals surface area contributed by atoms with Crippen molar-refractivity contribution in [2.75, 3.05) is 5.88 Å². The van der Waals surface area contributed by atoms with Crippen molar-refractivity contribution < 1.29 is 4.79 Å². The normalized spacial score (nSPS) is 8.22. The molecule has 0 aliphatic heterocycles. The first-order valence-corrected chi connectivity index (χ1v) is 3.72. The van der Waals surface area contributed by atoms with E-state index in [2.05, 4.69) is 0 Å². The topological polar surface area (TPSA) is 17.1 Å². The maximum atomic E-state index is 9.44. The molecule has 1 nitrogen and oxygen atoms in total. The molecule has 0 radical (unpaired) electrons. The Kier molecular flexibility index (Phi) is 11.6. The Hall–Kier alpha value is 0.540. The lowest BCUT2D eigenvalue weighted by Crippen LogP contribution is -1.82. The summed E-state index contributed by atoms with van der Waals surface area (Å²) in [6.07, 6.45) is 0. The Morgan fingerprint density at radius 2 is 1.56 bits per heavy atom. The van der Waals surface area contributed by atoms with Gasteiger partial charge in [-0.1, -0.05) is 0 Å². The highest BCUT2D eigenvalue weighted by Crippen LogP contribution is 2.01. The van der Waals surface area contributed by atoms with Gasteiger partial charge in [0.25, 0.3) is 0 Å². The van der Waals surface area contributed by atoms with E-state index in [0.717, 1.165) is 0 Å². The second-order valence-electron chi connectivity index (χ2n) is 1.45. The monoisotopic (exact) mass is 190 g/mol. The third-order valence-electron chi connectivity index (χ3n) is 0.117. The summed E-state index contributed by atoms with van der Waals surface area (Å²) in [7, 11) is 0. The minimum atomic E-state index is -0.406. The fraction of sp³-hybridized carbons (Fsp3) is 0.800. The number of carbonyl (C=O) groups excluding carboxylic acids is 1. The van der Waals surface area contributed by atoms with Gasteiger partial charge in [-0.15, -0.1) is 34.8 Å². The first-order chi connectivity index (χ1) is 4.00. The van der Waals surface area contributed by atoms with Crippen LogP contribution in [0, 0.1) is 0 Å². The van der Waals surface area contributed by atoms with Gasteiger partial charge in [0.2, 0.25) is 0 Å². The molecule has 0 rings (SSSR count). The lowest BCUT2D eigenvalue weighted by atomic mass is 10.6. The van der Waals surface area contributed by atoms with Gasteiger partial charge in [-0.05, 0) is 13.8 Å². The summed E-state index contributed by atoms with van der Waals surface area (Å²) in [4.78, 5) is 9.04. The van der Waals surface area contributed by atoms with Gasteiger partial charge in [0, 0.05) is 0 Å². The van der Waals surface area contributed by atoms with Crippen LogP contribution in [0.2, 0.25) is 0 Å². The first kappa shape index (κ1) is 12.2. The third-order valence-corrected chi connectivity index (χ3v) is 1.05. The van der Waals surface area contributed by atoms with Gasteiger partial charge in [-0.2, -0.15) is 0 Å². The van der Waals surface area contributed by atoms with Crippen molar-refractivity contribution in [3.8, 4) is 0 Å². The fourth-order valence-electron chi connectivity index (χ4n) is 0. The Morgan fingerprint density at radius 3 is 1.56 bits per heavy atom. The van der Waals surface area contributed by atoms with Crippen molar-refractivity contribution >= 4 is 40.6 Å². The number of halogens is 3. The van der Waals surface area contributed by atoms with Crippen LogP contribution < -0.4 is 0 Å². The van der Waals surface area contributed by atoms with E-state index in [0.29, 0.717) is 5.88 Å². The molecular weight excluding hydrogens is 182 g/mol. The van der Waals surface area contributed by atoms with Gasteiger partial charge >= 0.3 is 0 Å². The summed E-state index contributed by atoms with van der Waals surface area (Å²) in [6, 6.07) is 0. The van der Waals surface area contributed by atoms with Gasteiger partial charge in [0.15, 0.2) is 0 Å². The summed E-state index contributed by atoms with van der Waals surface area (Å²) in [5.74, 6) is 0.475. The third kappa shape index (κ3) is 56.6. The quantitative estimate of drug-likeness (QED) is 0.583. The van der Waals surface area contributed by atoms with Gasteiger partial charge < -0.3 is 4.79 Å². The molecule has 0 atom stereocenters. The SMILES string of the molecule is CC(C)=O.ClCC(Cl)Cl. The predicted octanol–water partition coefficient (Wildman–Crippen LogP) is 2.62. The van der Waals surface area contributed by atoms with Crippen molar-refractivity contribution in [1.29, 1.82) is 0 Å². The number of hydrogen-bond donors (Lipinski definition) is 0. The predicted molar refractivity (Wildman–Crippen MR) is 42.6 cm³/mol. The maximum Gasteiger partial charge on any atom is 0.126 e. The first-order valence-electron chi connectivity index (χ1n) is 2.32. The van der Waals surface area contributed by atoms with Crippen LogP contribution in [-0.2, 0) is 4.79 Å². The molecule has 0 saturated heterocycles. The van der Waals surface area contributed by atoms with E-state index in [1.165, 1.54) is 13.8 Å². The molecule has 0 aromatic rings. The number of alkyl halides is 3. The fourth-order valence-corrected chi connectivity index (χ4v) is 0. The van der Waals surface area contributed by atoms with E-state index in [4.69, 9.17) is 34.8 Å². The number of carbonyl (C=O) groups is 1. The van der Waals surface area contributed by atoms with Gasteiger partial charge in [0.1, 0.15) is 10.6 Å². The molecule has 0 unspecified atom stereocenters. The maximum absolute atomic E-state index is 9.44. The molecule has 0 amide bonds. The zero-order valence-electron chi connectivity index (χ0n) is 5.33. The highest BCUT2D eigenvalue weighted by Gasteiger charge is 1.88. The molecule has 0 aliphatic carbocycles. The van der Waals surface area contributed by atoms with Crippen LogP contribution in [0.3, 0.4) is 0 Å². The highest BCUT2D eigenvalue weighted by molar-refractivity contribution is 6.47. The van der Waals surface area contributed by atoms with E-state index in [1.54, 1.807) is 0 Å². The average Bonchev–Trinajstić information content (AvgIpc) is 1.65. The highest BCUT2D eigenvalue weighted by atomic mass is 35.5. The molecule has 0 aromatic heterocycles. The zero-order chi connectivity index (χ0) is 7.86. The Labute approximate surface area is 70.3 Å². The second kappa shape index (κ2) is 8.54. The van der Waals surface area contributed by atoms with Crippen LogP contribution in [0.25, 0.3) is 0 Å². The van der Waals surface area contributed by atoms with Crippen molar-refractivity contribution in [3.05, 3.63) is 0 Å². The van der Waals surface area contributed by atoms with Crippen molar-refractivity contribution in [3.63, 3.8) is 0 Å². The van der Waals surface area contributed by atoms with Crippen molar-refractivity contribution in [2.24, 2.45) is 0 Å². The van der Waals surface area contributed by atoms with Crippen LogP contribution >= 0.6 is 34.8 Å². The molecule has 4 heteroatoms. The Balaban J connectivity index is 0. The van der Waals surface area contributed by atoms with Crippen LogP contribution in [0.5, 0.6) is 0 Å². The van der Waals surface area contributed by atoms with Crippen LogP contribution in [0.15, 0.2) is 0 Å². The molecule has 0 heterocycles. The van der Waals surface area contributed by atoms with Crippen molar-refractivity contribution in [2.45, 2.75) is 18.7 Å². The van der Waals surface area contributed by atoms with Crippen LogP contribution in [0.1, 0.15) is 13.8 Å². The summed E-state index contributed by atoms with van der Waals surface area (Å²) < 4.78 is 0. The lowest BCUT2D eigenvalue weighted by molar-refractivity contribution is -0.114. The minimum Gasteiger partial charge on any atom is -0.300 e. The van der Waals surface area contributed by atoms with Gasteiger partial charge in [-0.25, -0.2) is 0 Å². The number of rotatable bonds is 1. The number of hydrogen-bond acceptors (Lipinski definition) is 1. The zero-order valence-corrected chi connectivity index (χ0v) is 7.59. The van der Waals surface area contributed by atoms with E-state index >= 15 is 0 Å². The molecule has 0 bridgehead atoms. The minimum absolute atomic E-state index is 0.167. The molecule has 9 heavy (non-hydrogen) atoms. The van der Waals surface area contributed by atoms with Crippen molar-refractivity contribution in [1.82, 2.24) is 0 Å². The van der Waals surface area contributed by atoms with E-state index in [9.17, 15) is 4.79 Å². The smallest absolute Gasteiger partial charge is 0.126 e. The second-order valence-corrected chi connectivity index (χ2v) is 3.04. The molecule has 0 aliphatic rings. The molecule has 0 spiro atoms. The van der Waals surface area contributed by atoms with Gasteiger partial charge in [0.05, 0.1) is 5.88 Å². The van der Waals surface area contributed by atoms with Crippen LogP contribution in [-0.4, -0.2) is 16.5 Å². The largest absolute Gasteiger partial charge is 0.300 e. The molecule has 0 N–H and O–H groups in total. The summed E-state index contributed by atoms with van der Waals surface area (Å²) in [6.45, 7) is 3.06. The summed E-state index contributed by atoms with van der Waals surface area (Å²) in [5.41, 5.74) is 0. The molecule has 0 aromatic carbocycles. The van der Waals surface area contributed by atoms with E-state index < -0.39 is 4.84 Å². The molecule has 0 fully saturated rings. The number of Topliss-reactive ketones (excluding diaryl/α,β-unsaturated/α-hetero) is 1. The van der Waals surface area contributed by atoms with E-state index in [-0.39, 0.29) is 5.78 Å². The number of ketones is 1. The van der Waals surface area contributed by atoms with Crippen LogP contribution in [0.4, 0.5) is 0 Å². The molecule has 0 saturated carbocycles. The summed E-state index contributed by atoms with van der Waals surface area (Å²) in [5, 5.41) is 0. The molecule has 56 valence electrons. The summed E-state index contributed by atoms with van der Waals surface area (Å²) >= 11 is 15.3. The standard InChI is InChI=1S/C3H6O.C2H3Cl3/c1-3(2)4;3-1-2(4)5/h1-2H3;2H,1H2. The Morgan fingerprint density at radius 1 is 1.44 bits per heavy atom. The lowest BCUT2D eigenvalue weighted by Gasteiger charge is -1.82. The van der Waals surface area contributed by atoms with Gasteiger partial charge in [-0.3, -0.25) is 0 Å². The molecular formula is C5H9Cl3O. The van der Waals surface area contributed by atoms with E-state index in [1.807, 2.05) is 0 Å².